The van der Waals surface area contributed by atoms with Gasteiger partial charge in [0.1, 0.15) is 11.6 Å². The maximum absolute atomic E-state index is 12.6. The Hall–Kier alpha value is -2.72. The SMILES string of the molecule is CCCc1nc(C)c2c(=O)[nH]c(-c3cc(S(=O)(=O)O)ccc3OCC)nn12. The molecule has 2 heterocycles. The molecule has 3 rings (SSSR count). The van der Waals surface area contributed by atoms with E-state index < -0.39 is 15.7 Å². The lowest BCUT2D eigenvalue weighted by Crippen LogP contribution is -2.16. The number of benzene rings is 1. The van der Waals surface area contributed by atoms with Gasteiger partial charge >= 0.3 is 0 Å². The number of rotatable bonds is 6. The lowest BCUT2D eigenvalue weighted by Gasteiger charge is -2.11. The molecule has 2 N–H and O–H groups in total. The molecule has 0 amide bonds. The number of aromatic nitrogens is 4. The van der Waals surface area contributed by atoms with Gasteiger partial charge in [0.15, 0.2) is 11.3 Å². The van der Waals surface area contributed by atoms with E-state index in [-0.39, 0.29) is 16.3 Å². The zero-order valence-corrected chi connectivity index (χ0v) is 16.0. The maximum Gasteiger partial charge on any atom is 0.294 e. The second-order valence-electron chi connectivity index (χ2n) is 5.99. The van der Waals surface area contributed by atoms with Crippen molar-refractivity contribution in [2.24, 2.45) is 0 Å². The highest BCUT2D eigenvalue weighted by molar-refractivity contribution is 7.85. The van der Waals surface area contributed by atoms with Crippen LogP contribution in [0.25, 0.3) is 16.9 Å². The van der Waals surface area contributed by atoms with E-state index in [0.29, 0.717) is 35.8 Å². The second kappa shape index (κ2) is 7.12. The van der Waals surface area contributed by atoms with Crippen molar-refractivity contribution in [3.63, 3.8) is 0 Å². The molecule has 0 aliphatic rings. The first-order valence-electron chi connectivity index (χ1n) is 8.49. The maximum atomic E-state index is 12.6. The fraction of sp³-hybridized carbons (Fsp3) is 0.353. The van der Waals surface area contributed by atoms with Crippen molar-refractivity contribution in [3.8, 4) is 17.1 Å². The fourth-order valence-electron chi connectivity index (χ4n) is 2.88. The third-order valence-electron chi connectivity index (χ3n) is 4.02. The predicted molar refractivity (Wildman–Crippen MR) is 98.8 cm³/mol. The highest BCUT2D eigenvalue weighted by atomic mass is 32.2. The molecular formula is C17H20N4O5S. The molecule has 2 aromatic heterocycles. The van der Waals surface area contributed by atoms with Gasteiger partial charge < -0.3 is 9.72 Å². The summed E-state index contributed by atoms with van der Waals surface area (Å²) in [4.78, 5) is 19.3. The van der Waals surface area contributed by atoms with Gasteiger partial charge in [0, 0.05) is 6.42 Å². The standard InChI is InChI=1S/C17H20N4O5S/c1-4-6-14-18-10(3)15-17(22)19-16(20-21(14)15)12-9-11(27(23,24)25)7-8-13(12)26-5-2/h7-9H,4-6H2,1-3H3,(H,19,20,22)(H,23,24,25). The number of aryl methyl sites for hydroxylation is 2. The molecule has 0 fully saturated rings. The van der Waals surface area contributed by atoms with Crippen molar-refractivity contribution >= 4 is 15.6 Å². The zero-order chi connectivity index (χ0) is 19.8. The van der Waals surface area contributed by atoms with Crippen LogP contribution in [0.2, 0.25) is 0 Å². The second-order valence-corrected chi connectivity index (χ2v) is 7.41. The number of imidazole rings is 1. The fourth-order valence-corrected chi connectivity index (χ4v) is 3.39. The van der Waals surface area contributed by atoms with Crippen LogP contribution in [0.3, 0.4) is 0 Å². The molecule has 0 radical (unpaired) electrons. The van der Waals surface area contributed by atoms with Gasteiger partial charge in [-0.15, -0.1) is 5.10 Å². The molecule has 27 heavy (non-hydrogen) atoms. The first-order valence-corrected chi connectivity index (χ1v) is 9.93. The Bertz CT molecular complexity index is 1160. The van der Waals surface area contributed by atoms with Crippen LogP contribution in [0.15, 0.2) is 27.9 Å². The highest BCUT2D eigenvalue weighted by Crippen LogP contribution is 2.30. The smallest absolute Gasteiger partial charge is 0.294 e. The molecule has 144 valence electrons. The van der Waals surface area contributed by atoms with Crippen molar-refractivity contribution in [1.29, 1.82) is 0 Å². The molecular weight excluding hydrogens is 372 g/mol. The van der Waals surface area contributed by atoms with Crippen molar-refractivity contribution in [3.05, 3.63) is 40.1 Å². The third kappa shape index (κ3) is 3.58. The molecule has 0 atom stereocenters. The molecule has 3 aromatic rings. The van der Waals surface area contributed by atoms with Gasteiger partial charge in [-0.1, -0.05) is 6.92 Å². The van der Waals surface area contributed by atoms with Crippen LogP contribution in [0.4, 0.5) is 0 Å². The van der Waals surface area contributed by atoms with Crippen LogP contribution in [0.5, 0.6) is 5.75 Å². The summed E-state index contributed by atoms with van der Waals surface area (Å²) >= 11 is 0. The van der Waals surface area contributed by atoms with Crippen molar-refractivity contribution in [2.75, 3.05) is 6.61 Å². The van der Waals surface area contributed by atoms with E-state index in [0.717, 1.165) is 6.42 Å². The summed E-state index contributed by atoms with van der Waals surface area (Å²) in [6, 6.07) is 3.86. The molecule has 1 aromatic carbocycles. The van der Waals surface area contributed by atoms with Crippen molar-refractivity contribution in [1.82, 2.24) is 19.6 Å². The average molecular weight is 392 g/mol. The predicted octanol–water partition coefficient (Wildman–Crippen LogP) is 1.99. The Balaban J connectivity index is 2.31. The van der Waals surface area contributed by atoms with Gasteiger partial charge in [0.05, 0.1) is 22.8 Å². The number of hydrogen-bond acceptors (Lipinski definition) is 6. The number of fused-ring (bicyclic) bond motifs is 1. The molecule has 0 spiro atoms. The van der Waals surface area contributed by atoms with Gasteiger partial charge in [-0.2, -0.15) is 8.42 Å². The molecule has 0 aliphatic heterocycles. The lowest BCUT2D eigenvalue weighted by molar-refractivity contribution is 0.341. The molecule has 0 aliphatic carbocycles. The van der Waals surface area contributed by atoms with Crippen LogP contribution in [0.1, 0.15) is 31.8 Å². The molecule has 0 unspecified atom stereocenters. The summed E-state index contributed by atoms with van der Waals surface area (Å²) in [5, 5.41) is 4.45. The summed E-state index contributed by atoms with van der Waals surface area (Å²) in [5.74, 6) is 1.10. The van der Waals surface area contributed by atoms with Crippen molar-refractivity contribution in [2.45, 2.75) is 38.5 Å². The quantitative estimate of drug-likeness (QED) is 0.614. The first kappa shape index (κ1) is 19.1. The minimum Gasteiger partial charge on any atom is -0.493 e. The monoisotopic (exact) mass is 392 g/mol. The minimum absolute atomic E-state index is 0.121. The Morgan fingerprint density at radius 2 is 2.04 bits per heavy atom. The van der Waals surface area contributed by atoms with E-state index in [1.165, 1.54) is 22.7 Å². The molecule has 9 nitrogen and oxygen atoms in total. The van der Waals surface area contributed by atoms with E-state index in [2.05, 4.69) is 15.1 Å². The Kier molecular flexibility index (Phi) is 5.03. The normalized spacial score (nSPS) is 11.9. The summed E-state index contributed by atoms with van der Waals surface area (Å²) < 4.78 is 39.4. The number of nitrogens with zero attached hydrogens (tertiary/aromatic N) is 3. The van der Waals surface area contributed by atoms with E-state index in [9.17, 15) is 17.8 Å². The zero-order valence-electron chi connectivity index (χ0n) is 15.2. The molecule has 10 heteroatoms. The van der Waals surface area contributed by atoms with Crippen LogP contribution < -0.4 is 10.3 Å². The van der Waals surface area contributed by atoms with Crippen LogP contribution in [0, 0.1) is 6.92 Å². The van der Waals surface area contributed by atoms with Gasteiger partial charge in [0.2, 0.25) is 0 Å². The number of aromatic amines is 1. The van der Waals surface area contributed by atoms with Crippen molar-refractivity contribution < 1.29 is 17.7 Å². The summed E-state index contributed by atoms with van der Waals surface area (Å²) in [6.07, 6.45) is 1.46. The van der Waals surface area contributed by atoms with Crippen LogP contribution in [-0.4, -0.2) is 39.2 Å². The largest absolute Gasteiger partial charge is 0.493 e. The summed E-state index contributed by atoms with van der Waals surface area (Å²) in [7, 11) is -4.42. The van der Waals surface area contributed by atoms with Crippen LogP contribution in [-0.2, 0) is 16.5 Å². The third-order valence-corrected chi connectivity index (χ3v) is 4.87. The van der Waals surface area contributed by atoms with E-state index in [4.69, 9.17) is 4.74 Å². The molecule has 0 saturated carbocycles. The summed E-state index contributed by atoms with van der Waals surface area (Å²) in [6.45, 7) is 5.83. The van der Waals surface area contributed by atoms with E-state index >= 15 is 0 Å². The summed E-state index contributed by atoms with van der Waals surface area (Å²) in [5.41, 5.74) is 0.758. The number of ether oxygens (including phenoxy) is 1. The first-order chi connectivity index (χ1) is 12.8. The average Bonchev–Trinajstić information content (AvgIpc) is 2.91. The lowest BCUT2D eigenvalue weighted by atomic mass is 10.2. The highest BCUT2D eigenvalue weighted by Gasteiger charge is 2.19. The van der Waals surface area contributed by atoms with E-state index in [1.54, 1.807) is 13.8 Å². The number of H-pyrrole nitrogens is 1. The Morgan fingerprint density at radius 1 is 1.30 bits per heavy atom. The molecule has 0 bridgehead atoms. The minimum atomic E-state index is -4.42. The van der Waals surface area contributed by atoms with Gasteiger partial charge in [0.25, 0.3) is 15.7 Å². The van der Waals surface area contributed by atoms with E-state index in [1.807, 2.05) is 6.92 Å². The van der Waals surface area contributed by atoms with Crippen LogP contribution >= 0.6 is 0 Å². The number of nitrogens with one attached hydrogen (secondary N) is 1. The number of hydrogen-bond donors (Lipinski definition) is 2. The topological polar surface area (TPSA) is 127 Å². The Labute approximate surface area is 155 Å². The Morgan fingerprint density at radius 3 is 2.67 bits per heavy atom. The van der Waals surface area contributed by atoms with Gasteiger partial charge in [-0.25, -0.2) is 9.50 Å². The molecule has 0 saturated heterocycles. The van der Waals surface area contributed by atoms with Gasteiger partial charge in [-0.3, -0.25) is 9.35 Å². The van der Waals surface area contributed by atoms with Gasteiger partial charge in [-0.05, 0) is 38.5 Å².